The number of hydrogen-bond acceptors (Lipinski definition) is 5. The third-order valence-electron chi connectivity index (χ3n) is 5.66. The van der Waals surface area contributed by atoms with Gasteiger partial charge in [0.05, 0.1) is 24.8 Å². The van der Waals surface area contributed by atoms with Crippen LogP contribution in [0.2, 0.25) is 0 Å². The smallest absolute Gasteiger partial charge is 0.418 e. The molecule has 0 amide bonds. The summed E-state index contributed by atoms with van der Waals surface area (Å²) in [6.45, 7) is 2.31. The van der Waals surface area contributed by atoms with E-state index in [9.17, 15) is 18.0 Å². The van der Waals surface area contributed by atoms with Crippen LogP contribution in [0.15, 0.2) is 72.9 Å². The van der Waals surface area contributed by atoms with Gasteiger partial charge in [-0.2, -0.15) is 13.2 Å². The fourth-order valence-electron chi connectivity index (χ4n) is 3.89. The number of nitrogens with zero attached hydrogens (tertiary/aromatic N) is 1. The van der Waals surface area contributed by atoms with Crippen LogP contribution in [0.5, 0.6) is 5.75 Å². The highest BCUT2D eigenvalue weighted by atomic mass is 19.4. The monoisotopic (exact) mass is 495 g/mol. The summed E-state index contributed by atoms with van der Waals surface area (Å²) in [4.78, 5) is 15.2. The Morgan fingerprint density at radius 2 is 1.64 bits per heavy atom. The third-order valence-corrected chi connectivity index (χ3v) is 5.66. The van der Waals surface area contributed by atoms with Crippen LogP contribution in [0, 0.1) is 6.92 Å². The predicted octanol–water partition coefficient (Wildman–Crippen LogP) is 6.50. The van der Waals surface area contributed by atoms with Crippen LogP contribution in [0.3, 0.4) is 0 Å². The number of aryl methyl sites for hydroxylation is 1. The van der Waals surface area contributed by atoms with E-state index >= 15 is 0 Å². The lowest BCUT2D eigenvalue weighted by Gasteiger charge is -2.15. The van der Waals surface area contributed by atoms with Crippen molar-refractivity contribution in [3.8, 4) is 16.9 Å². The predicted molar refractivity (Wildman–Crippen MR) is 129 cm³/mol. The number of ether oxygens (including phenoxy) is 3. The van der Waals surface area contributed by atoms with Gasteiger partial charge in [0.1, 0.15) is 19.0 Å². The molecule has 36 heavy (non-hydrogen) atoms. The molecule has 0 bridgehead atoms. The van der Waals surface area contributed by atoms with E-state index in [1.807, 2.05) is 49.4 Å². The maximum absolute atomic E-state index is 13.5. The SMILES string of the molecule is COC(=O)COCc1ccc(COc2cccc(-c3c(C)cnc4c(C(F)(F)F)cccc34)c2)cc1. The number of rotatable bonds is 8. The lowest BCUT2D eigenvalue weighted by molar-refractivity contribution is -0.146. The quantitative estimate of drug-likeness (QED) is 0.261. The van der Waals surface area contributed by atoms with Gasteiger partial charge in [0.25, 0.3) is 0 Å². The number of carbonyl (C=O) groups is 1. The largest absolute Gasteiger partial charge is 0.489 e. The highest BCUT2D eigenvalue weighted by molar-refractivity contribution is 5.97. The van der Waals surface area contributed by atoms with E-state index in [0.717, 1.165) is 28.3 Å². The first-order valence-electron chi connectivity index (χ1n) is 11.2. The van der Waals surface area contributed by atoms with Gasteiger partial charge < -0.3 is 14.2 Å². The van der Waals surface area contributed by atoms with Crippen LogP contribution in [-0.2, 0) is 33.7 Å². The van der Waals surface area contributed by atoms with Gasteiger partial charge >= 0.3 is 12.1 Å². The Labute approximate surface area is 206 Å². The van der Waals surface area contributed by atoms with Crippen molar-refractivity contribution in [2.45, 2.75) is 26.3 Å². The molecule has 0 saturated carbocycles. The summed E-state index contributed by atoms with van der Waals surface area (Å²) >= 11 is 0. The lowest BCUT2D eigenvalue weighted by Crippen LogP contribution is -2.10. The number of alkyl halides is 3. The number of esters is 1. The normalized spacial score (nSPS) is 11.5. The third kappa shape index (κ3) is 5.83. The Balaban J connectivity index is 1.51. The molecule has 0 saturated heterocycles. The zero-order valence-corrected chi connectivity index (χ0v) is 19.8. The molecule has 4 aromatic rings. The standard InChI is InChI=1S/C28H24F3NO4/c1-18-14-32-27-23(7-4-8-24(27)28(29,30)31)26(18)21-5-3-6-22(13-21)36-16-20-11-9-19(10-12-20)15-35-17-25(33)34-2/h3-14H,15-17H2,1-2H3. The molecular formula is C28H24F3NO4. The molecule has 0 N–H and O–H groups in total. The van der Waals surface area contributed by atoms with Crippen molar-refractivity contribution in [1.29, 1.82) is 0 Å². The van der Waals surface area contributed by atoms with Crippen LogP contribution < -0.4 is 4.74 Å². The Kier molecular flexibility index (Phi) is 7.55. The van der Waals surface area contributed by atoms with Crippen LogP contribution >= 0.6 is 0 Å². The summed E-state index contributed by atoms with van der Waals surface area (Å²) in [7, 11) is 1.31. The Hall–Kier alpha value is -3.91. The summed E-state index contributed by atoms with van der Waals surface area (Å²) in [6.07, 6.45) is -3.02. The first-order chi connectivity index (χ1) is 17.3. The second kappa shape index (κ2) is 10.8. The van der Waals surface area contributed by atoms with E-state index in [1.165, 1.54) is 19.4 Å². The van der Waals surface area contributed by atoms with Gasteiger partial charge in [-0.15, -0.1) is 0 Å². The van der Waals surface area contributed by atoms with E-state index < -0.39 is 17.7 Å². The van der Waals surface area contributed by atoms with Crippen molar-refractivity contribution in [2.24, 2.45) is 0 Å². The zero-order valence-electron chi connectivity index (χ0n) is 19.8. The van der Waals surface area contributed by atoms with E-state index in [4.69, 9.17) is 9.47 Å². The average Bonchev–Trinajstić information content (AvgIpc) is 2.87. The minimum absolute atomic E-state index is 0.0763. The summed E-state index contributed by atoms with van der Waals surface area (Å²) in [5, 5.41) is 0.437. The topological polar surface area (TPSA) is 57.7 Å². The molecule has 0 aliphatic rings. The van der Waals surface area contributed by atoms with Gasteiger partial charge in [-0.1, -0.05) is 48.5 Å². The van der Waals surface area contributed by atoms with Gasteiger partial charge in [-0.3, -0.25) is 4.98 Å². The summed E-state index contributed by atoms with van der Waals surface area (Å²) in [6, 6.07) is 19.0. The van der Waals surface area contributed by atoms with Gasteiger partial charge in [0.15, 0.2) is 0 Å². The molecule has 1 heterocycles. The fourth-order valence-corrected chi connectivity index (χ4v) is 3.89. The molecule has 0 aliphatic heterocycles. The van der Waals surface area contributed by atoms with Crippen LogP contribution in [-0.4, -0.2) is 24.7 Å². The molecule has 3 aromatic carbocycles. The van der Waals surface area contributed by atoms with E-state index in [1.54, 1.807) is 12.1 Å². The first-order valence-corrected chi connectivity index (χ1v) is 11.2. The van der Waals surface area contributed by atoms with E-state index in [2.05, 4.69) is 9.72 Å². The Morgan fingerprint density at radius 3 is 2.33 bits per heavy atom. The molecule has 0 unspecified atom stereocenters. The minimum Gasteiger partial charge on any atom is -0.489 e. The number of halogens is 3. The Morgan fingerprint density at radius 1 is 0.944 bits per heavy atom. The number of hydrogen-bond donors (Lipinski definition) is 0. The molecule has 0 atom stereocenters. The molecule has 0 spiro atoms. The maximum Gasteiger partial charge on any atom is 0.418 e. The zero-order chi connectivity index (χ0) is 25.7. The molecule has 186 valence electrons. The minimum atomic E-state index is -4.49. The van der Waals surface area contributed by atoms with Crippen LogP contribution in [0.25, 0.3) is 22.0 Å². The van der Waals surface area contributed by atoms with E-state index in [-0.39, 0.29) is 18.7 Å². The summed E-state index contributed by atoms with van der Waals surface area (Å²) < 4.78 is 56.4. The lowest BCUT2D eigenvalue weighted by atomic mass is 9.95. The van der Waals surface area contributed by atoms with Crippen molar-refractivity contribution in [1.82, 2.24) is 4.98 Å². The van der Waals surface area contributed by atoms with Gasteiger partial charge in [-0.25, -0.2) is 4.79 Å². The number of fused-ring (bicyclic) bond motifs is 1. The van der Waals surface area contributed by atoms with Crippen molar-refractivity contribution >= 4 is 16.9 Å². The number of benzene rings is 3. The van der Waals surface area contributed by atoms with Gasteiger partial charge in [0.2, 0.25) is 0 Å². The number of para-hydroxylation sites is 1. The molecule has 8 heteroatoms. The number of pyridine rings is 1. The van der Waals surface area contributed by atoms with Crippen molar-refractivity contribution < 1.29 is 32.2 Å². The van der Waals surface area contributed by atoms with Crippen molar-refractivity contribution in [2.75, 3.05) is 13.7 Å². The average molecular weight is 495 g/mol. The van der Waals surface area contributed by atoms with E-state index in [0.29, 0.717) is 23.3 Å². The van der Waals surface area contributed by atoms with Crippen molar-refractivity contribution in [3.63, 3.8) is 0 Å². The molecule has 0 aliphatic carbocycles. The second-order valence-electron chi connectivity index (χ2n) is 8.22. The highest BCUT2D eigenvalue weighted by Crippen LogP contribution is 2.38. The Bertz CT molecular complexity index is 1370. The number of aromatic nitrogens is 1. The molecule has 0 radical (unpaired) electrons. The van der Waals surface area contributed by atoms with Gasteiger partial charge in [-0.05, 0) is 52.9 Å². The molecule has 4 rings (SSSR count). The number of carbonyl (C=O) groups excluding carboxylic acids is 1. The maximum atomic E-state index is 13.5. The fraction of sp³-hybridized carbons (Fsp3) is 0.214. The van der Waals surface area contributed by atoms with Crippen LogP contribution in [0.1, 0.15) is 22.3 Å². The molecule has 0 fully saturated rings. The van der Waals surface area contributed by atoms with Crippen LogP contribution in [0.4, 0.5) is 13.2 Å². The summed E-state index contributed by atoms with van der Waals surface area (Å²) in [5.41, 5.74) is 3.20. The highest BCUT2D eigenvalue weighted by Gasteiger charge is 2.33. The number of methoxy groups -OCH3 is 1. The summed E-state index contributed by atoms with van der Waals surface area (Å²) in [5.74, 6) is 0.160. The molecular weight excluding hydrogens is 471 g/mol. The van der Waals surface area contributed by atoms with Crippen molar-refractivity contribution in [3.05, 3.63) is 95.2 Å². The molecule has 1 aromatic heterocycles. The molecule has 5 nitrogen and oxygen atoms in total. The van der Waals surface area contributed by atoms with Gasteiger partial charge in [0, 0.05) is 11.6 Å². The second-order valence-corrected chi connectivity index (χ2v) is 8.22. The first kappa shape index (κ1) is 25.2.